The van der Waals surface area contributed by atoms with E-state index in [0.717, 1.165) is 120 Å². The molecule has 368 valence electrons. The van der Waals surface area contributed by atoms with Crippen LogP contribution in [0.2, 0.25) is 0 Å². The molecule has 0 aliphatic carbocycles. The van der Waals surface area contributed by atoms with Crippen LogP contribution in [0.3, 0.4) is 0 Å². The molecule has 0 radical (unpaired) electrons. The lowest BCUT2D eigenvalue weighted by Crippen LogP contribution is -2.41. The van der Waals surface area contributed by atoms with Gasteiger partial charge in [-0.05, 0) is 186 Å². The zero-order valence-electron chi connectivity index (χ0n) is 41.2. The second-order valence-corrected chi connectivity index (χ2v) is 19.7. The number of anilines is 3. The monoisotopic (exact) mass is 933 g/mol. The first kappa shape index (κ1) is 51.8. The van der Waals surface area contributed by atoms with Crippen LogP contribution in [-0.4, -0.2) is 120 Å². The number of carbonyl (C=O) groups is 4. The van der Waals surface area contributed by atoms with E-state index in [1.54, 1.807) is 17.1 Å². The first-order chi connectivity index (χ1) is 32.6. The fourth-order valence-corrected chi connectivity index (χ4v) is 9.33. The van der Waals surface area contributed by atoms with Crippen LogP contribution in [0, 0.1) is 11.8 Å². The number of fused-ring (bicyclic) bond motifs is 3. The maximum Gasteiger partial charge on any atom is 0.410 e. The lowest BCUT2D eigenvalue weighted by atomic mass is 9.96. The first-order valence-corrected chi connectivity index (χ1v) is 24.8. The third kappa shape index (κ3) is 16.6. The summed E-state index contributed by atoms with van der Waals surface area (Å²) in [7, 11) is 0. The molecule has 14 nitrogen and oxygen atoms in total. The second-order valence-electron chi connectivity index (χ2n) is 19.7. The van der Waals surface area contributed by atoms with Crippen LogP contribution in [0.25, 0.3) is 0 Å². The van der Waals surface area contributed by atoms with E-state index in [2.05, 4.69) is 63.9 Å². The average molecular weight is 933 g/mol. The molecule has 3 aromatic rings. The summed E-state index contributed by atoms with van der Waals surface area (Å²) in [5.41, 5.74) is 15.7. The molecule has 5 aliphatic rings. The number of carbonyl (C=O) groups excluding carboxylic acids is 3. The number of ether oxygens (including phenoxy) is 1. The number of likely N-dealkylation sites (N-methyl/N-ethyl adjacent to an activating group) is 2. The minimum atomic E-state index is -0.798. The van der Waals surface area contributed by atoms with Gasteiger partial charge in [0.15, 0.2) is 0 Å². The fourth-order valence-electron chi connectivity index (χ4n) is 9.33. The summed E-state index contributed by atoms with van der Waals surface area (Å²) in [5, 5.41) is 18.1. The summed E-state index contributed by atoms with van der Waals surface area (Å²) in [6.07, 6.45) is 13.8. The molecule has 0 spiro atoms. The van der Waals surface area contributed by atoms with Crippen LogP contribution in [0.4, 0.5) is 21.9 Å². The van der Waals surface area contributed by atoms with Gasteiger partial charge in [0, 0.05) is 69.4 Å². The Morgan fingerprint density at radius 2 is 1.12 bits per heavy atom. The SMILES string of the molecule is CCN1CCc2cc(N)ccc2C1.CCN1CCc2cc(NC(=O)/C=C/C3CCN(C(=O)OC(C)(C)C)CC3)ccc2C1.O=C(O)CN1CCc2cc(NC(=O)/C=C/C3CCNCC3)ccc2C1. The lowest BCUT2D eigenvalue weighted by Gasteiger charge is -2.32. The molecule has 5 heterocycles. The van der Waals surface area contributed by atoms with Crippen molar-refractivity contribution in [3.05, 3.63) is 112 Å². The zero-order chi connectivity index (χ0) is 48.6. The number of hydrogen-bond acceptors (Lipinski definition) is 10. The van der Waals surface area contributed by atoms with E-state index in [-0.39, 0.29) is 24.5 Å². The number of hydrogen-bond donors (Lipinski definition) is 5. The molecular formula is C54H76N8O6. The van der Waals surface area contributed by atoms with Gasteiger partial charge in [-0.1, -0.05) is 44.2 Å². The van der Waals surface area contributed by atoms with Crippen molar-refractivity contribution in [2.75, 3.05) is 81.8 Å². The number of allylic oxidation sites excluding steroid dienone is 2. The summed E-state index contributed by atoms with van der Waals surface area (Å²) >= 11 is 0. The first-order valence-electron chi connectivity index (χ1n) is 24.8. The van der Waals surface area contributed by atoms with Crippen molar-refractivity contribution in [1.82, 2.24) is 24.9 Å². The zero-order valence-corrected chi connectivity index (χ0v) is 41.2. The van der Waals surface area contributed by atoms with E-state index >= 15 is 0 Å². The Morgan fingerprint density at radius 1 is 0.662 bits per heavy atom. The minimum Gasteiger partial charge on any atom is -0.480 e. The number of carboxylic acids is 1. The van der Waals surface area contributed by atoms with Gasteiger partial charge in [0.1, 0.15) is 5.60 Å². The van der Waals surface area contributed by atoms with Crippen molar-refractivity contribution in [3.8, 4) is 0 Å². The summed E-state index contributed by atoms with van der Waals surface area (Å²) in [4.78, 5) is 56.0. The number of piperidine rings is 2. The molecule has 0 bridgehead atoms. The fraction of sp³-hybridized carbons (Fsp3) is 0.519. The molecule has 8 rings (SSSR count). The van der Waals surface area contributed by atoms with Gasteiger partial charge in [-0.25, -0.2) is 4.79 Å². The molecule has 0 aromatic heterocycles. The van der Waals surface area contributed by atoms with E-state index in [0.29, 0.717) is 31.5 Å². The van der Waals surface area contributed by atoms with Crippen molar-refractivity contribution in [1.29, 1.82) is 0 Å². The Labute approximate surface area is 404 Å². The van der Waals surface area contributed by atoms with Crippen LogP contribution < -0.4 is 21.7 Å². The van der Waals surface area contributed by atoms with Crippen LogP contribution in [0.15, 0.2) is 78.9 Å². The van der Waals surface area contributed by atoms with Gasteiger partial charge in [-0.2, -0.15) is 0 Å². The molecule has 0 unspecified atom stereocenters. The van der Waals surface area contributed by atoms with Gasteiger partial charge in [0.05, 0.1) is 6.54 Å². The number of nitrogens with two attached hydrogens (primary N) is 1. The Hall–Kier alpha value is -5.54. The average Bonchev–Trinajstić information content (AvgIpc) is 3.32. The Kier molecular flexibility index (Phi) is 19.2. The number of rotatable bonds is 10. The molecule has 3 amide bonds. The lowest BCUT2D eigenvalue weighted by molar-refractivity contribution is -0.138. The maximum atomic E-state index is 12.4. The molecule has 0 saturated carbocycles. The number of nitrogens with one attached hydrogen (secondary N) is 3. The topological polar surface area (TPSA) is 173 Å². The molecule has 2 saturated heterocycles. The third-order valence-electron chi connectivity index (χ3n) is 13.3. The molecule has 14 heteroatoms. The molecular weight excluding hydrogens is 857 g/mol. The highest BCUT2D eigenvalue weighted by atomic mass is 16.6. The van der Waals surface area contributed by atoms with Crippen LogP contribution in [-0.2, 0) is 58.0 Å². The number of amides is 3. The van der Waals surface area contributed by atoms with Gasteiger partial charge in [-0.3, -0.25) is 29.1 Å². The minimum absolute atomic E-state index is 0.0689. The van der Waals surface area contributed by atoms with Crippen molar-refractivity contribution in [2.45, 2.75) is 105 Å². The van der Waals surface area contributed by atoms with E-state index < -0.39 is 11.6 Å². The maximum absolute atomic E-state index is 12.4. The van der Waals surface area contributed by atoms with Gasteiger partial charge >= 0.3 is 12.1 Å². The Morgan fingerprint density at radius 3 is 1.60 bits per heavy atom. The molecule has 5 aliphatic heterocycles. The quantitative estimate of drug-likeness (QED) is 0.101. The summed E-state index contributed by atoms with van der Waals surface area (Å²) in [6, 6.07) is 18.4. The number of likely N-dealkylation sites (tertiary alicyclic amines) is 1. The van der Waals surface area contributed by atoms with Gasteiger partial charge in [-0.15, -0.1) is 0 Å². The van der Waals surface area contributed by atoms with Crippen LogP contribution >= 0.6 is 0 Å². The van der Waals surface area contributed by atoms with Gasteiger partial charge in [0.25, 0.3) is 0 Å². The number of nitrogen functional groups attached to an aromatic ring is 1. The highest BCUT2D eigenvalue weighted by Gasteiger charge is 2.26. The van der Waals surface area contributed by atoms with Crippen LogP contribution in [0.1, 0.15) is 93.7 Å². The molecule has 3 aromatic carbocycles. The van der Waals surface area contributed by atoms with Crippen molar-refractivity contribution >= 4 is 40.9 Å². The number of benzene rings is 3. The predicted octanol–water partition coefficient (Wildman–Crippen LogP) is 7.48. The normalized spacial score (nSPS) is 18.3. The predicted molar refractivity (Wildman–Crippen MR) is 271 cm³/mol. The summed E-state index contributed by atoms with van der Waals surface area (Å²) in [6.45, 7) is 21.3. The van der Waals surface area contributed by atoms with E-state index in [1.807, 2.05) is 68.2 Å². The molecule has 2 fully saturated rings. The van der Waals surface area contributed by atoms with Gasteiger partial charge < -0.3 is 36.4 Å². The number of nitrogens with zero attached hydrogens (tertiary/aromatic N) is 4. The summed E-state index contributed by atoms with van der Waals surface area (Å²) in [5.74, 6) is -0.209. The van der Waals surface area contributed by atoms with E-state index in [1.165, 1.54) is 34.4 Å². The smallest absolute Gasteiger partial charge is 0.410 e. The van der Waals surface area contributed by atoms with Crippen LogP contribution in [0.5, 0.6) is 0 Å². The van der Waals surface area contributed by atoms with Crippen molar-refractivity contribution in [2.24, 2.45) is 11.8 Å². The third-order valence-corrected chi connectivity index (χ3v) is 13.3. The van der Waals surface area contributed by atoms with Crippen molar-refractivity contribution < 1.29 is 29.0 Å². The molecule has 6 N–H and O–H groups in total. The molecule has 68 heavy (non-hydrogen) atoms. The standard InChI is InChI=1S/C24H35N3O3.C19H25N3O3.C11H16N2/c1-5-26-13-12-19-16-21(8-7-20(19)17-26)25-22(28)9-6-18-10-14-27(15-11-18)23(29)30-24(2,3)4;23-18(4-1-14-5-8-20-9-6-14)21-17-3-2-16-12-22(13-19(24)25)10-7-15(16)11-17;1-2-13-6-5-9-7-11(12)4-3-10(9)8-13/h6-9,16,18H,5,10-15,17H2,1-4H3,(H,25,28);1-4,11,14,20H,5-10,12-13H2,(H,21,23)(H,24,25);3-4,7H,2,5-6,8,12H2,1H3/b9-6+;4-1+;. The Bertz CT molecular complexity index is 2240. The largest absolute Gasteiger partial charge is 0.480 e. The Balaban J connectivity index is 0.000000180. The number of carboxylic acid groups (broad SMARTS) is 1. The van der Waals surface area contributed by atoms with Gasteiger partial charge in [0.2, 0.25) is 11.8 Å². The van der Waals surface area contributed by atoms with Crippen molar-refractivity contribution in [3.63, 3.8) is 0 Å². The second kappa shape index (κ2) is 25.2. The molecule has 0 atom stereocenters. The highest BCUT2D eigenvalue weighted by Crippen LogP contribution is 2.26. The summed E-state index contributed by atoms with van der Waals surface area (Å²) < 4.78 is 5.43. The highest BCUT2D eigenvalue weighted by molar-refractivity contribution is 6.00. The number of aliphatic carboxylic acids is 1. The van der Waals surface area contributed by atoms with E-state index in [4.69, 9.17) is 15.6 Å². The van der Waals surface area contributed by atoms with E-state index in [9.17, 15) is 19.2 Å².